The van der Waals surface area contributed by atoms with Gasteiger partial charge in [-0.3, -0.25) is 4.79 Å². The van der Waals surface area contributed by atoms with Gasteiger partial charge in [-0.2, -0.15) is 0 Å². The third-order valence-corrected chi connectivity index (χ3v) is 2.49. The third kappa shape index (κ3) is 4.31. The molecule has 2 N–H and O–H groups in total. The van der Waals surface area contributed by atoms with Gasteiger partial charge >= 0.3 is 5.97 Å². The Bertz CT molecular complexity index is 489. The van der Waals surface area contributed by atoms with Crippen LogP contribution in [0.1, 0.15) is 30.6 Å². The molecule has 0 unspecified atom stereocenters. The molecule has 6 heteroatoms. The first-order valence-electron chi connectivity index (χ1n) is 5.80. The summed E-state index contributed by atoms with van der Waals surface area (Å²) in [6.45, 7) is 3.61. The van der Waals surface area contributed by atoms with Crippen molar-refractivity contribution in [3.8, 4) is 0 Å². The van der Waals surface area contributed by atoms with Crippen LogP contribution in [-0.2, 0) is 4.79 Å². The van der Waals surface area contributed by atoms with Crippen LogP contribution in [0.25, 0.3) is 0 Å². The number of aliphatic carboxylic acids is 1. The van der Waals surface area contributed by atoms with E-state index in [0.717, 1.165) is 12.1 Å². The van der Waals surface area contributed by atoms with Gasteiger partial charge in [0.05, 0.1) is 5.56 Å². The summed E-state index contributed by atoms with van der Waals surface area (Å²) >= 11 is 0. The molecule has 0 saturated heterocycles. The summed E-state index contributed by atoms with van der Waals surface area (Å²) in [5, 5.41) is 11.2. The van der Waals surface area contributed by atoms with Crippen LogP contribution >= 0.6 is 0 Å². The Morgan fingerprint density at radius 1 is 1.32 bits per heavy atom. The van der Waals surface area contributed by atoms with Crippen LogP contribution in [0, 0.1) is 17.6 Å². The monoisotopic (exact) mass is 271 g/mol. The highest BCUT2D eigenvalue weighted by Gasteiger charge is 2.23. The zero-order valence-corrected chi connectivity index (χ0v) is 10.6. The molecule has 0 aliphatic heterocycles. The first-order valence-corrected chi connectivity index (χ1v) is 5.80. The molecule has 1 atom stereocenters. The maximum absolute atomic E-state index is 13.4. The van der Waals surface area contributed by atoms with Crippen molar-refractivity contribution in [1.82, 2.24) is 5.32 Å². The summed E-state index contributed by atoms with van der Waals surface area (Å²) in [7, 11) is 0. The molecule has 1 aromatic rings. The van der Waals surface area contributed by atoms with Gasteiger partial charge in [0.2, 0.25) is 0 Å². The Morgan fingerprint density at radius 2 is 1.95 bits per heavy atom. The summed E-state index contributed by atoms with van der Waals surface area (Å²) in [6.07, 6.45) is 0.226. The number of amides is 1. The molecule has 19 heavy (non-hydrogen) atoms. The van der Waals surface area contributed by atoms with Crippen LogP contribution in [-0.4, -0.2) is 23.0 Å². The molecule has 104 valence electrons. The van der Waals surface area contributed by atoms with E-state index in [0.29, 0.717) is 6.07 Å². The van der Waals surface area contributed by atoms with Crippen LogP contribution < -0.4 is 5.32 Å². The number of carboxylic acids is 1. The second kappa shape index (κ2) is 6.26. The molecule has 0 fully saturated rings. The van der Waals surface area contributed by atoms with E-state index in [1.54, 1.807) is 13.8 Å². The van der Waals surface area contributed by atoms with Crippen LogP contribution in [0.2, 0.25) is 0 Å². The first-order chi connectivity index (χ1) is 8.81. The van der Waals surface area contributed by atoms with Crippen molar-refractivity contribution in [2.45, 2.75) is 26.3 Å². The van der Waals surface area contributed by atoms with Gasteiger partial charge in [-0.15, -0.1) is 0 Å². The molecule has 0 bridgehead atoms. The minimum absolute atomic E-state index is 0.0551. The summed E-state index contributed by atoms with van der Waals surface area (Å²) < 4.78 is 26.1. The molecule has 0 radical (unpaired) electrons. The van der Waals surface area contributed by atoms with Gasteiger partial charge in [-0.05, 0) is 24.5 Å². The Morgan fingerprint density at radius 3 is 2.42 bits per heavy atom. The van der Waals surface area contributed by atoms with Crippen molar-refractivity contribution in [3.05, 3.63) is 35.4 Å². The molecule has 0 heterocycles. The predicted molar refractivity (Wildman–Crippen MR) is 64.7 cm³/mol. The molecule has 0 aliphatic rings. The summed E-state index contributed by atoms with van der Waals surface area (Å²) in [5.41, 5.74) is -0.378. The van der Waals surface area contributed by atoms with E-state index in [4.69, 9.17) is 5.11 Å². The Labute approximate surface area is 109 Å². The second-order valence-corrected chi connectivity index (χ2v) is 4.62. The Hall–Kier alpha value is -1.98. The summed E-state index contributed by atoms with van der Waals surface area (Å²) in [6, 6.07) is 1.40. The molecule has 1 amide bonds. The van der Waals surface area contributed by atoms with Gasteiger partial charge in [0, 0.05) is 6.07 Å². The number of carbonyl (C=O) groups excluding carboxylic acids is 1. The highest BCUT2D eigenvalue weighted by molar-refractivity contribution is 5.96. The molecule has 0 aliphatic carbocycles. The maximum atomic E-state index is 13.4. The minimum Gasteiger partial charge on any atom is -0.480 e. The number of rotatable bonds is 5. The lowest BCUT2D eigenvalue weighted by Crippen LogP contribution is -2.41. The Kier molecular flexibility index (Phi) is 4.97. The average molecular weight is 271 g/mol. The highest BCUT2D eigenvalue weighted by atomic mass is 19.1. The lowest BCUT2D eigenvalue weighted by Gasteiger charge is -2.16. The Balaban J connectivity index is 2.84. The molecule has 4 nitrogen and oxygen atoms in total. The van der Waals surface area contributed by atoms with E-state index < -0.39 is 29.6 Å². The smallest absolute Gasteiger partial charge is 0.326 e. The normalized spacial score (nSPS) is 12.3. The number of nitrogens with one attached hydrogen (secondary N) is 1. The molecule has 0 spiro atoms. The van der Waals surface area contributed by atoms with Crippen molar-refractivity contribution in [2.75, 3.05) is 0 Å². The fourth-order valence-electron chi connectivity index (χ4n) is 1.60. The van der Waals surface area contributed by atoms with Gasteiger partial charge in [0.15, 0.2) is 0 Å². The van der Waals surface area contributed by atoms with Crippen molar-refractivity contribution < 1.29 is 23.5 Å². The van der Waals surface area contributed by atoms with Crippen LogP contribution in [0.5, 0.6) is 0 Å². The summed E-state index contributed by atoms with van der Waals surface area (Å²) in [4.78, 5) is 22.7. The molecule has 0 aromatic heterocycles. The van der Waals surface area contributed by atoms with E-state index in [-0.39, 0.29) is 17.9 Å². The SMILES string of the molecule is CC(C)C[C@H](NC(=O)c1ccc(F)cc1F)C(=O)O. The van der Waals surface area contributed by atoms with E-state index in [1.165, 1.54) is 0 Å². The predicted octanol–water partition coefficient (Wildman–Crippen LogP) is 2.19. The fourth-order valence-corrected chi connectivity index (χ4v) is 1.60. The number of carboxylic acid groups (broad SMARTS) is 1. The quantitative estimate of drug-likeness (QED) is 0.862. The largest absolute Gasteiger partial charge is 0.480 e. The van der Waals surface area contributed by atoms with E-state index >= 15 is 0 Å². The number of hydrogen-bond donors (Lipinski definition) is 2. The van der Waals surface area contributed by atoms with Gasteiger partial charge < -0.3 is 10.4 Å². The second-order valence-electron chi connectivity index (χ2n) is 4.62. The number of hydrogen-bond acceptors (Lipinski definition) is 2. The van der Waals surface area contributed by atoms with Gasteiger partial charge in [-0.25, -0.2) is 13.6 Å². The van der Waals surface area contributed by atoms with Crippen LogP contribution in [0.4, 0.5) is 8.78 Å². The third-order valence-electron chi connectivity index (χ3n) is 2.49. The van der Waals surface area contributed by atoms with Crippen molar-refractivity contribution >= 4 is 11.9 Å². The van der Waals surface area contributed by atoms with Gasteiger partial charge in [0.25, 0.3) is 5.91 Å². The van der Waals surface area contributed by atoms with E-state index in [9.17, 15) is 18.4 Å². The molecular weight excluding hydrogens is 256 g/mol. The number of carbonyl (C=O) groups is 2. The van der Waals surface area contributed by atoms with E-state index in [1.807, 2.05) is 0 Å². The van der Waals surface area contributed by atoms with Gasteiger partial charge in [-0.1, -0.05) is 13.8 Å². The molecule has 0 saturated carbocycles. The molecular formula is C13H15F2NO3. The van der Waals surface area contributed by atoms with Crippen LogP contribution in [0.3, 0.4) is 0 Å². The number of benzene rings is 1. The zero-order valence-electron chi connectivity index (χ0n) is 10.6. The highest BCUT2D eigenvalue weighted by Crippen LogP contribution is 2.11. The minimum atomic E-state index is -1.19. The zero-order chi connectivity index (χ0) is 14.6. The first kappa shape index (κ1) is 15.1. The fraction of sp³-hybridized carbons (Fsp3) is 0.385. The molecule has 1 rings (SSSR count). The van der Waals surface area contributed by atoms with Crippen molar-refractivity contribution in [3.63, 3.8) is 0 Å². The molecule has 1 aromatic carbocycles. The van der Waals surface area contributed by atoms with Crippen LogP contribution in [0.15, 0.2) is 18.2 Å². The maximum Gasteiger partial charge on any atom is 0.326 e. The van der Waals surface area contributed by atoms with Gasteiger partial charge in [0.1, 0.15) is 17.7 Å². The lowest BCUT2D eigenvalue weighted by molar-refractivity contribution is -0.139. The van der Waals surface area contributed by atoms with Crippen molar-refractivity contribution in [1.29, 1.82) is 0 Å². The number of halogens is 2. The lowest BCUT2D eigenvalue weighted by atomic mass is 10.0. The standard InChI is InChI=1S/C13H15F2NO3/c1-7(2)5-11(13(18)19)16-12(17)9-4-3-8(14)6-10(9)15/h3-4,6-7,11H,5H2,1-2H3,(H,16,17)(H,18,19)/t11-/m0/s1. The van der Waals surface area contributed by atoms with E-state index in [2.05, 4.69) is 5.32 Å². The average Bonchev–Trinajstić information content (AvgIpc) is 2.26. The van der Waals surface area contributed by atoms with Crippen molar-refractivity contribution in [2.24, 2.45) is 5.92 Å². The topological polar surface area (TPSA) is 66.4 Å². The summed E-state index contributed by atoms with van der Waals surface area (Å²) in [5.74, 6) is -3.83.